The Morgan fingerprint density at radius 1 is 1.06 bits per heavy atom. The number of hydrogen-bond donors (Lipinski definition) is 1. The van der Waals surface area contributed by atoms with Crippen molar-refractivity contribution >= 4 is 54.7 Å². The highest BCUT2D eigenvalue weighted by atomic mass is 79.9. The number of nitrogens with zero attached hydrogens (tertiary/aromatic N) is 4. The number of anilines is 1. The molecule has 0 aliphatic carbocycles. The summed E-state index contributed by atoms with van der Waals surface area (Å²) in [7, 11) is -9.98. The third-order valence-electron chi connectivity index (χ3n) is 5.31. The van der Waals surface area contributed by atoms with Crippen molar-refractivity contribution in [1.82, 2.24) is 19.2 Å². The minimum atomic E-state index is -9.98. The van der Waals surface area contributed by atoms with E-state index in [-0.39, 0.29) is 22.3 Å². The van der Waals surface area contributed by atoms with Crippen LogP contribution in [0.1, 0.15) is 15.9 Å². The Labute approximate surface area is 213 Å². The topological polar surface area (TPSA) is 64.2 Å². The number of benzene rings is 2. The third-order valence-corrected chi connectivity index (χ3v) is 7.69. The van der Waals surface area contributed by atoms with Crippen LogP contribution in [0.5, 0.6) is 0 Å². The Morgan fingerprint density at radius 2 is 1.83 bits per heavy atom. The lowest BCUT2D eigenvalue weighted by molar-refractivity contribution is 0.102. The number of amides is 1. The van der Waals surface area contributed by atoms with Crippen LogP contribution in [0, 0.1) is 6.92 Å². The molecule has 36 heavy (non-hydrogen) atoms. The number of aromatic nitrogens is 4. The van der Waals surface area contributed by atoms with Crippen LogP contribution >= 0.6 is 37.5 Å². The Hall–Kier alpha value is -3.23. The number of fused-ring (bicyclic) bond motifs is 1. The molecule has 0 saturated carbocycles. The largest absolute Gasteiger partial charge is 0.322 e. The first-order chi connectivity index (χ1) is 16.7. The van der Waals surface area contributed by atoms with Gasteiger partial charge in [0.2, 0.25) is 0 Å². The Bertz CT molecular complexity index is 1650. The molecule has 0 radical (unpaired) electrons. The highest BCUT2D eigenvalue weighted by Gasteiger charge is 2.65. The molecule has 5 rings (SSSR count). The number of nitrogens with one attached hydrogen (secondary N) is 1. The van der Waals surface area contributed by atoms with Gasteiger partial charge >= 0.3 is 10.2 Å². The maximum Gasteiger partial charge on any atom is 0.310 e. The molecule has 1 N–H and O–H groups in total. The molecule has 0 saturated heterocycles. The fourth-order valence-corrected chi connectivity index (χ4v) is 5.53. The van der Waals surface area contributed by atoms with Crippen LogP contribution in [0.3, 0.4) is 0 Å². The van der Waals surface area contributed by atoms with Gasteiger partial charge in [0.15, 0.2) is 0 Å². The van der Waals surface area contributed by atoms with Crippen LogP contribution in [0.4, 0.5) is 25.1 Å². The SMILES string of the molecule is Cc1ccc(NC(=O)c2cc(Br)cc(S(F)(F)(F)(F)F)c2)cc1-n1ccn2nc(-c3cncs3)cc12. The molecule has 14 heteroatoms. The lowest BCUT2D eigenvalue weighted by Crippen LogP contribution is -2.14. The van der Waals surface area contributed by atoms with Crippen molar-refractivity contribution in [2.24, 2.45) is 0 Å². The third kappa shape index (κ3) is 4.75. The number of hydrogen-bond acceptors (Lipinski definition) is 4. The molecular weight excluding hydrogens is 589 g/mol. The van der Waals surface area contributed by atoms with Gasteiger partial charge in [-0.2, -0.15) is 5.10 Å². The van der Waals surface area contributed by atoms with E-state index in [1.807, 2.05) is 17.6 Å². The predicted molar refractivity (Wildman–Crippen MR) is 134 cm³/mol. The number of aryl methyl sites for hydroxylation is 1. The fourth-order valence-electron chi connectivity index (χ4n) is 3.61. The molecule has 0 aliphatic heterocycles. The summed E-state index contributed by atoms with van der Waals surface area (Å²) in [6, 6.07) is 8.26. The standard InChI is InChI=1S/C22H15BrF5N5OS2/c1-13-2-3-16(30-22(34)14-6-15(23)8-17(7-14)36(24,25,26,27)28)9-19(13)32-4-5-33-21(32)10-18(31-33)20-11-29-12-35-20/h2-12H,1H3,(H,30,34). The number of imidazole rings is 1. The predicted octanol–water partition coefficient (Wildman–Crippen LogP) is 8.23. The Kier molecular flexibility index (Phi) is 5.19. The smallest absolute Gasteiger partial charge is 0.310 e. The summed E-state index contributed by atoms with van der Waals surface area (Å²) in [5.74, 6) is -0.969. The molecule has 6 nitrogen and oxygen atoms in total. The summed E-state index contributed by atoms with van der Waals surface area (Å²) in [4.78, 5) is 15.5. The second-order valence-corrected chi connectivity index (χ2v) is 12.2. The van der Waals surface area contributed by atoms with Gasteiger partial charge in [0.05, 0.1) is 16.1 Å². The zero-order valence-electron chi connectivity index (χ0n) is 18.1. The summed E-state index contributed by atoms with van der Waals surface area (Å²) in [6.07, 6.45) is 5.25. The van der Waals surface area contributed by atoms with Crippen molar-refractivity contribution in [3.8, 4) is 16.3 Å². The normalized spacial score (nSPS) is 14.0. The van der Waals surface area contributed by atoms with Gasteiger partial charge in [-0.15, -0.1) is 11.3 Å². The lowest BCUT2D eigenvalue weighted by Gasteiger charge is -2.40. The van der Waals surface area contributed by atoms with Gasteiger partial charge in [-0.1, -0.05) is 41.4 Å². The van der Waals surface area contributed by atoms with Gasteiger partial charge in [-0.3, -0.25) is 14.3 Å². The van der Waals surface area contributed by atoms with Crippen LogP contribution < -0.4 is 5.32 Å². The van der Waals surface area contributed by atoms with E-state index in [1.165, 1.54) is 11.3 Å². The maximum absolute atomic E-state index is 13.3. The molecule has 0 unspecified atom stereocenters. The summed E-state index contributed by atoms with van der Waals surface area (Å²) in [5.41, 5.74) is 4.40. The monoisotopic (exact) mass is 603 g/mol. The number of carbonyl (C=O) groups excluding carboxylic acids is 1. The first kappa shape index (κ1) is 24.5. The second kappa shape index (κ2) is 7.63. The molecule has 0 atom stereocenters. The van der Waals surface area contributed by atoms with Crippen molar-refractivity contribution < 1.29 is 24.2 Å². The minimum absolute atomic E-state index is 0.152. The Balaban J connectivity index is 1.48. The van der Waals surface area contributed by atoms with Gasteiger partial charge in [0.1, 0.15) is 16.2 Å². The van der Waals surface area contributed by atoms with E-state index < -0.39 is 26.6 Å². The molecular formula is C22H15BrF5N5OS2. The van der Waals surface area contributed by atoms with Gasteiger partial charge in [-0.25, -0.2) is 4.52 Å². The number of thiazole rings is 1. The molecule has 3 aromatic heterocycles. The molecule has 0 bridgehead atoms. The zero-order valence-corrected chi connectivity index (χ0v) is 21.4. The van der Waals surface area contributed by atoms with Crippen LogP contribution in [0.15, 0.2) is 75.9 Å². The van der Waals surface area contributed by atoms with E-state index in [1.54, 1.807) is 46.8 Å². The molecule has 0 fully saturated rings. The molecule has 1 amide bonds. The van der Waals surface area contributed by atoms with Crippen molar-refractivity contribution in [3.63, 3.8) is 0 Å². The van der Waals surface area contributed by atoms with Crippen LogP contribution in [-0.4, -0.2) is 25.1 Å². The van der Waals surface area contributed by atoms with Crippen molar-refractivity contribution in [2.75, 3.05) is 5.32 Å². The molecule has 3 heterocycles. The Morgan fingerprint density at radius 3 is 2.53 bits per heavy atom. The number of carbonyl (C=O) groups is 1. The second-order valence-electron chi connectivity index (χ2n) is 7.97. The van der Waals surface area contributed by atoms with Gasteiger partial charge in [-0.05, 0) is 42.8 Å². The number of rotatable bonds is 5. The van der Waals surface area contributed by atoms with Gasteiger partial charge in [0.25, 0.3) is 5.91 Å². The highest BCUT2D eigenvalue weighted by molar-refractivity contribution is 9.10. The van der Waals surface area contributed by atoms with E-state index in [0.717, 1.165) is 27.8 Å². The van der Waals surface area contributed by atoms with Crippen molar-refractivity contribution in [1.29, 1.82) is 0 Å². The molecule has 0 aliphatic rings. The summed E-state index contributed by atoms with van der Waals surface area (Å²) >= 11 is 4.23. The first-order valence-corrected chi connectivity index (χ1v) is 13.7. The summed E-state index contributed by atoms with van der Waals surface area (Å²) in [6.45, 7) is 1.85. The first-order valence-electron chi connectivity index (χ1n) is 10.1. The minimum Gasteiger partial charge on any atom is -0.322 e. The maximum atomic E-state index is 13.3. The highest BCUT2D eigenvalue weighted by Crippen LogP contribution is 3.02. The molecule has 5 aromatic rings. The van der Waals surface area contributed by atoms with E-state index >= 15 is 0 Å². The van der Waals surface area contributed by atoms with Crippen LogP contribution in [0.25, 0.3) is 21.9 Å². The van der Waals surface area contributed by atoms with E-state index in [0.29, 0.717) is 5.69 Å². The fraction of sp³-hybridized carbons (Fsp3) is 0.0455. The molecule has 0 spiro atoms. The van der Waals surface area contributed by atoms with Crippen molar-refractivity contribution in [2.45, 2.75) is 11.8 Å². The zero-order chi connectivity index (χ0) is 25.9. The number of halogens is 6. The lowest BCUT2D eigenvalue weighted by atomic mass is 10.1. The quantitative estimate of drug-likeness (QED) is 0.206. The van der Waals surface area contributed by atoms with Crippen molar-refractivity contribution in [3.05, 3.63) is 82.2 Å². The van der Waals surface area contributed by atoms with E-state index in [9.17, 15) is 24.2 Å². The summed E-state index contributed by atoms with van der Waals surface area (Å²) in [5, 5.41) is 7.02. The average molecular weight is 604 g/mol. The molecule has 2 aromatic carbocycles. The average Bonchev–Trinajstić information content (AvgIpc) is 3.50. The van der Waals surface area contributed by atoms with Crippen LogP contribution in [0.2, 0.25) is 0 Å². The molecule has 188 valence electrons. The van der Waals surface area contributed by atoms with Crippen LogP contribution in [-0.2, 0) is 0 Å². The summed E-state index contributed by atoms with van der Waals surface area (Å²) < 4.78 is 69.8. The van der Waals surface area contributed by atoms with Gasteiger partial charge in [0, 0.05) is 40.4 Å². The van der Waals surface area contributed by atoms with Gasteiger partial charge < -0.3 is 5.32 Å². The van der Waals surface area contributed by atoms with E-state index in [2.05, 4.69) is 31.3 Å². The van der Waals surface area contributed by atoms with E-state index in [4.69, 9.17) is 0 Å².